The van der Waals surface area contributed by atoms with Gasteiger partial charge in [-0.2, -0.15) is 0 Å². The standard InChI is InChI=1S/C13H26N4S/c1-6-17(9-7-8-16(4)5)13-15-11(3)12(18-13)10(2)14/h10H,6-9,14H2,1-5H3. The zero-order valence-corrected chi connectivity index (χ0v) is 13.0. The Hall–Kier alpha value is -0.650. The molecule has 0 bridgehead atoms. The quantitative estimate of drug-likeness (QED) is 0.825. The van der Waals surface area contributed by atoms with Crippen molar-refractivity contribution in [2.24, 2.45) is 5.73 Å². The lowest BCUT2D eigenvalue weighted by Crippen LogP contribution is -2.26. The molecule has 0 fully saturated rings. The minimum Gasteiger partial charge on any atom is -0.348 e. The highest BCUT2D eigenvalue weighted by Gasteiger charge is 2.15. The first-order valence-corrected chi connectivity index (χ1v) is 7.40. The molecule has 0 aliphatic carbocycles. The fourth-order valence-electron chi connectivity index (χ4n) is 1.92. The molecular formula is C13H26N4S. The Morgan fingerprint density at radius 3 is 2.44 bits per heavy atom. The van der Waals surface area contributed by atoms with Gasteiger partial charge < -0.3 is 15.5 Å². The predicted molar refractivity (Wildman–Crippen MR) is 80.5 cm³/mol. The number of rotatable bonds is 7. The number of aromatic nitrogens is 1. The summed E-state index contributed by atoms with van der Waals surface area (Å²) in [5, 5.41) is 1.11. The molecule has 1 heterocycles. The average molecular weight is 270 g/mol. The van der Waals surface area contributed by atoms with Gasteiger partial charge in [0.25, 0.3) is 0 Å². The summed E-state index contributed by atoms with van der Waals surface area (Å²) < 4.78 is 0. The molecule has 0 radical (unpaired) electrons. The minimum absolute atomic E-state index is 0.0803. The van der Waals surface area contributed by atoms with Gasteiger partial charge in [0.1, 0.15) is 0 Å². The van der Waals surface area contributed by atoms with Gasteiger partial charge in [-0.1, -0.05) is 0 Å². The zero-order valence-electron chi connectivity index (χ0n) is 12.2. The molecule has 104 valence electrons. The molecule has 0 spiro atoms. The molecule has 0 saturated heterocycles. The van der Waals surface area contributed by atoms with E-state index < -0.39 is 0 Å². The van der Waals surface area contributed by atoms with Gasteiger partial charge in [-0.05, 0) is 47.8 Å². The van der Waals surface area contributed by atoms with E-state index in [1.165, 1.54) is 4.88 Å². The summed E-state index contributed by atoms with van der Waals surface area (Å²) in [5.41, 5.74) is 7.03. The topological polar surface area (TPSA) is 45.4 Å². The largest absolute Gasteiger partial charge is 0.348 e. The van der Waals surface area contributed by atoms with Gasteiger partial charge in [0, 0.05) is 24.0 Å². The van der Waals surface area contributed by atoms with Crippen LogP contribution in [0.1, 0.15) is 36.9 Å². The van der Waals surface area contributed by atoms with Crippen molar-refractivity contribution < 1.29 is 0 Å². The van der Waals surface area contributed by atoms with Crippen molar-refractivity contribution in [2.45, 2.75) is 33.2 Å². The van der Waals surface area contributed by atoms with Crippen LogP contribution >= 0.6 is 11.3 Å². The molecule has 18 heavy (non-hydrogen) atoms. The molecule has 0 amide bonds. The van der Waals surface area contributed by atoms with Crippen LogP contribution in [0.15, 0.2) is 0 Å². The maximum Gasteiger partial charge on any atom is 0.185 e. The van der Waals surface area contributed by atoms with Gasteiger partial charge in [0.05, 0.1) is 5.69 Å². The summed E-state index contributed by atoms with van der Waals surface area (Å²) in [6.07, 6.45) is 1.16. The molecule has 0 aromatic carbocycles. The van der Waals surface area contributed by atoms with Crippen molar-refractivity contribution in [3.8, 4) is 0 Å². The van der Waals surface area contributed by atoms with Crippen LogP contribution in [-0.4, -0.2) is 43.6 Å². The van der Waals surface area contributed by atoms with E-state index in [4.69, 9.17) is 5.73 Å². The third-order valence-corrected chi connectivity index (χ3v) is 4.34. The normalized spacial score (nSPS) is 13.1. The van der Waals surface area contributed by atoms with E-state index in [-0.39, 0.29) is 6.04 Å². The molecule has 1 atom stereocenters. The summed E-state index contributed by atoms with van der Waals surface area (Å²) in [4.78, 5) is 10.4. The number of thiazole rings is 1. The van der Waals surface area contributed by atoms with Crippen LogP contribution in [0.2, 0.25) is 0 Å². The lowest BCUT2D eigenvalue weighted by atomic mass is 10.2. The smallest absolute Gasteiger partial charge is 0.185 e. The van der Waals surface area contributed by atoms with E-state index >= 15 is 0 Å². The van der Waals surface area contributed by atoms with E-state index in [9.17, 15) is 0 Å². The lowest BCUT2D eigenvalue weighted by Gasteiger charge is -2.20. The second-order valence-electron chi connectivity index (χ2n) is 4.97. The van der Waals surface area contributed by atoms with Gasteiger partial charge in [0.2, 0.25) is 0 Å². The number of nitrogens with zero attached hydrogens (tertiary/aromatic N) is 3. The lowest BCUT2D eigenvalue weighted by molar-refractivity contribution is 0.400. The highest BCUT2D eigenvalue weighted by atomic mass is 32.1. The van der Waals surface area contributed by atoms with E-state index in [0.717, 1.165) is 36.9 Å². The van der Waals surface area contributed by atoms with E-state index in [1.54, 1.807) is 11.3 Å². The molecule has 1 aromatic rings. The molecule has 0 aliphatic rings. The molecule has 2 N–H and O–H groups in total. The highest BCUT2D eigenvalue weighted by molar-refractivity contribution is 7.15. The van der Waals surface area contributed by atoms with Crippen molar-refractivity contribution in [1.29, 1.82) is 0 Å². The summed E-state index contributed by atoms with van der Waals surface area (Å²) in [7, 11) is 4.22. The van der Waals surface area contributed by atoms with Crippen LogP contribution in [0.3, 0.4) is 0 Å². The Morgan fingerprint density at radius 1 is 1.33 bits per heavy atom. The molecule has 1 rings (SSSR count). The van der Waals surface area contributed by atoms with Crippen molar-refractivity contribution in [2.75, 3.05) is 38.6 Å². The minimum atomic E-state index is 0.0803. The third kappa shape index (κ3) is 4.23. The fourth-order valence-corrected chi connectivity index (χ4v) is 3.03. The first-order valence-electron chi connectivity index (χ1n) is 6.58. The van der Waals surface area contributed by atoms with Gasteiger partial charge in [0.15, 0.2) is 5.13 Å². The van der Waals surface area contributed by atoms with Crippen LogP contribution in [0, 0.1) is 6.92 Å². The van der Waals surface area contributed by atoms with E-state index in [2.05, 4.69) is 35.8 Å². The van der Waals surface area contributed by atoms with Crippen molar-refractivity contribution in [3.05, 3.63) is 10.6 Å². The number of aryl methyl sites for hydroxylation is 1. The molecular weight excluding hydrogens is 244 g/mol. The SMILES string of the molecule is CCN(CCCN(C)C)c1nc(C)c(C(C)N)s1. The monoisotopic (exact) mass is 270 g/mol. The van der Waals surface area contributed by atoms with Gasteiger partial charge >= 0.3 is 0 Å². The number of hydrogen-bond donors (Lipinski definition) is 1. The maximum absolute atomic E-state index is 5.95. The Balaban J connectivity index is 2.67. The number of hydrogen-bond acceptors (Lipinski definition) is 5. The summed E-state index contributed by atoms with van der Waals surface area (Å²) in [5.74, 6) is 0. The van der Waals surface area contributed by atoms with E-state index in [1.807, 2.05) is 13.8 Å². The third-order valence-electron chi connectivity index (χ3n) is 2.92. The molecule has 4 nitrogen and oxygen atoms in total. The van der Waals surface area contributed by atoms with Crippen LogP contribution in [0.5, 0.6) is 0 Å². The molecule has 5 heteroatoms. The van der Waals surface area contributed by atoms with Crippen LogP contribution in [-0.2, 0) is 0 Å². The summed E-state index contributed by atoms with van der Waals surface area (Å²) >= 11 is 1.74. The van der Waals surface area contributed by atoms with Gasteiger partial charge in [-0.3, -0.25) is 0 Å². The Kier molecular flexibility index (Phi) is 6.05. The summed E-state index contributed by atoms with van der Waals surface area (Å²) in [6, 6.07) is 0.0803. The average Bonchev–Trinajstić information content (AvgIpc) is 2.66. The number of nitrogens with two attached hydrogens (primary N) is 1. The Morgan fingerprint density at radius 2 is 2.00 bits per heavy atom. The predicted octanol–water partition coefficient (Wildman–Crippen LogP) is 2.25. The van der Waals surface area contributed by atoms with E-state index in [0.29, 0.717) is 0 Å². The van der Waals surface area contributed by atoms with Gasteiger partial charge in [-0.25, -0.2) is 4.98 Å². The molecule has 1 unspecified atom stereocenters. The Bertz CT molecular complexity index is 360. The zero-order chi connectivity index (χ0) is 13.7. The highest BCUT2D eigenvalue weighted by Crippen LogP contribution is 2.29. The molecule has 0 saturated carbocycles. The van der Waals surface area contributed by atoms with Crippen molar-refractivity contribution in [1.82, 2.24) is 9.88 Å². The van der Waals surface area contributed by atoms with Crippen LogP contribution < -0.4 is 10.6 Å². The molecule has 1 aromatic heterocycles. The fraction of sp³-hybridized carbons (Fsp3) is 0.769. The number of anilines is 1. The molecule has 0 aliphatic heterocycles. The second kappa shape index (κ2) is 7.07. The van der Waals surface area contributed by atoms with Crippen LogP contribution in [0.25, 0.3) is 0 Å². The maximum atomic E-state index is 5.95. The first-order chi connectivity index (χ1) is 8.45. The van der Waals surface area contributed by atoms with Crippen LogP contribution in [0.4, 0.5) is 5.13 Å². The van der Waals surface area contributed by atoms with Gasteiger partial charge in [-0.15, -0.1) is 11.3 Å². The summed E-state index contributed by atoms with van der Waals surface area (Å²) in [6.45, 7) is 9.41. The van der Waals surface area contributed by atoms with Crippen molar-refractivity contribution >= 4 is 16.5 Å². The Labute approximate surface area is 115 Å². The first kappa shape index (κ1) is 15.4. The van der Waals surface area contributed by atoms with Crippen molar-refractivity contribution in [3.63, 3.8) is 0 Å². The second-order valence-corrected chi connectivity index (χ2v) is 5.98.